The molecule has 0 saturated heterocycles. The number of rotatable bonds is 8. The minimum absolute atomic E-state index is 0.0833. The maximum Gasteiger partial charge on any atom is 0.338 e. The predicted molar refractivity (Wildman–Crippen MR) is 122 cm³/mol. The maximum absolute atomic E-state index is 11.9. The van der Waals surface area contributed by atoms with Gasteiger partial charge in [0.25, 0.3) is 0 Å². The van der Waals surface area contributed by atoms with E-state index in [0.717, 1.165) is 29.0 Å². The highest BCUT2D eigenvalue weighted by Gasteiger charge is 2.16. The van der Waals surface area contributed by atoms with Crippen LogP contribution in [0, 0.1) is 12.8 Å². The molecule has 2 aromatic rings. The molecule has 0 aliphatic heterocycles. The summed E-state index contributed by atoms with van der Waals surface area (Å²) in [7, 11) is 1.66. The van der Waals surface area contributed by atoms with E-state index in [1.54, 1.807) is 26.2 Å². The number of hydrogen-bond acceptors (Lipinski definition) is 4. The molecule has 156 valence electrons. The van der Waals surface area contributed by atoms with Gasteiger partial charge in [-0.3, -0.25) is 0 Å². The van der Waals surface area contributed by atoms with Crippen LogP contribution in [-0.2, 0) is 4.74 Å². The Bertz CT molecular complexity index is 835. The molecule has 0 radical (unpaired) electrons. The summed E-state index contributed by atoms with van der Waals surface area (Å²) in [5, 5.41) is 7.21. The number of benzene rings is 2. The molecule has 0 spiro atoms. The van der Waals surface area contributed by atoms with E-state index >= 15 is 0 Å². The second-order valence-electron chi connectivity index (χ2n) is 7.30. The fourth-order valence-electron chi connectivity index (χ4n) is 3.05. The van der Waals surface area contributed by atoms with Crippen molar-refractivity contribution < 1.29 is 14.3 Å². The van der Waals surface area contributed by atoms with Crippen LogP contribution in [0.1, 0.15) is 54.7 Å². The summed E-state index contributed by atoms with van der Waals surface area (Å²) < 4.78 is 10.3. The van der Waals surface area contributed by atoms with Gasteiger partial charge in [-0.2, -0.15) is 0 Å². The number of carbonyl (C=O) groups is 1. The van der Waals surface area contributed by atoms with E-state index in [9.17, 15) is 4.79 Å². The largest absolute Gasteiger partial charge is 0.497 e. The zero-order valence-electron chi connectivity index (χ0n) is 17.7. The third-order valence-corrected chi connectivity index (χ3v) is 4.74. The highest BCUT2D eigenvalue weighted by Crippen LogP contribution is 2.24. The number of hydrogen-bond donors (Lipinski definition) is 2. The van der Waals surface area contributed by atoms with Gasteiger partial charge in [0.2, 0.25) is 0 Å². The van der Waals surface area contributed by atoms with Crippen LogP contribution in [-0.4, -0.2) is 24.8 Å². The van der Waals surface area contributed by atoms with Crippen molar-refractivity contribution in [2.24, 2.45) is 5.92 Å². The molecule has 1 atom stereocenters. The van der Waals surface area contributed by atoms with Gasteiger partial charge in [0.05, 0.1) is 25.3 Å². The molecule has 2 rings (SSSR count). The van der Waals surface area contributed by atoms with Crippen LogP contribution < -0.4 is 15.4 Å². The van der Waals surface area contributed by atoms with Crippen LogP contribution in [0.15, 0.2) is 42.5 Å². The van der Waals surface area contributed by atoms with E-state index in [1.165, 1.54) is 0 Å². The van der Waals surface area contributed by atoms with Crippen LogP contribution in [0.3, 0.4) is 0 Å². The Hall–Kier alpha value is -2.60. The van der Waals surface area contributed by atoms with Gasteiger partial charge in [-0.15, -0.1) is 0 Å². The quantitative estimate of drug-likeness (QED) is 0.454. The first-order chi connectivity index (χ1) is 13.8. The lowest BCUT2D eigenvalue weighted by Crippen LogP contribution is -2.33. The van der Waals surface area contributed by atoms with Gasteiger partial charge in [0.1, 0.15) is 5.75 Å². The van der Waals surface area contributed by atoms with Gasteiger partial charge >= 0.3 is 5.97 Å². The van der Waals surface area contributed by atoms with Crippen molar-refractivity contribution in [3.05, 3.63) is 59.2 Å². The normalized spacial score (nSPS) is 11.7. The first-order valence-electron chi connectivity index (χ1n) is 9.83. The van der Waals surface area contributed by atoms with Crippen molar-refractivity contribution in [3.8, 4) is 5.75 Å². The Morgan fingerprint density at radius 1 is 1.14 bits per heavy atom. The molecule has 0 saturated carbocycles. The van der Waals surface area contributed by atoms with Gasteiger partial charge in [-0.05, 0) is 79.9 Å². The van der Waals surface area contributed by atoms with E-state index in [4.69, 9.17) is 21.7 Å². The summed E-state index contributed by atoms with van der Waals surface area (Å²) in [5.41, 5.74) is 3.46. The summed E-state index contributed by atoms with van der Waals surface area (Å²) in [6.07, 6.45) is 0.939. The number of ether oxygens (including phenoxy) is 2. The molecule has 0 fully saturated rings. The number of nitrogens with one attached hydrogen (secondary N) is 2. The summed E-state index contributed by atoms with van der Waals surface area (Å²) in [4.78, 5) is 11.9. The van der Waals surface area contributed by atoms with E-state index in [2.05, 4.69) is 36.6 Å². The number of esters is 1. The minimum atomic E-state index is -0.320. The predicted octanol–water partition coefficient (Wildman–Crippen LogP) is 5.25. The van der Waals surface area contributed by atoms with E-state index in [0.29, 0.717) is 23.2 Å². The molecule has 5 nitrogen and oxygen atoms in total. The lowest BCUT2D eigenvalue weighted by molar-refractivity contribution is 0.0526. The number of thiocarbonyl (C=S) groups is 1. The Labute approximate surface area is 178 Å². The number of anilines is 1. The molecule has 2 aromatic carbocycles. The van der Waals surface area contributed by atoms with Gasteiger partial charge in [0.15, 0.2) is 5.11 Å². The third-order valence-electron chi connectivity index (χ3n) is 4.52. The van der Waals surface area contributed by atoms with Gasteiger partial charge in [-0.25, -0.2) is 4.79 Å². The maximum atomic E-state index is 11.9. The minimum Gasteiger partial charge on any atom is -0.497 e. The molecule has 0 heterocycles. The zero-order valence-corrected chi connectivity index (χ0v) is 18.6. The lowest BCUT2D eigenvalue weighted by atomic mass is 9.97. The second-order valence-corrected chi connectivity index (χ2v) is 7.71. The average molecular weight is 415 g/mol. The molecule has 29 heavy (non-hydrogen) atoms. The van der Waals surface area contributed by atoms with Crippen LogP contribution in [0.5, 0.6) is 5.75 Å². The van der Waals surface area contributed by atoms with Crippen LogP contribution in [0.25, 0.3) is 0 Å². The summed E-state index contributed by atoms with van der Waals surface area (Å²) in [6.45, 7) is 8.46. The molecular weight excluding hydrogens is 384 g/mol. The molecule has 6 heteroatoms. The fourth-order valence-corrected chi connectivity index (χ4v) is 3.30. The Morgan fingerprint density at radius 3 is 2.38 bits per heavy atom. The van der Waals surface area contributed by atoms with Crippen molar-refractivity contribution in [1.29, 1.82) is 0 Å². The van der Waals surface area contributed by atoms with E-state index in [1.807, 2.05) is 25.1 Å². The van der Waals surface area contributed by atoms with Gasteiger partial charge in [0, 0.05) is 5.69 Å². The third kappa shape index (κ3) is 6.75. The Morgan fingerprint density at radius 2 is 1.83 bits per heavy atom. The Balaban J connectivity index is 2.10. The van der Waals surface area contributed by atoms with Crippen molar-refractivity contribution in [1.82, 2.24) is 5.32 Å². The summed E-state index contributed by atoms with van der Waals surface area (Å²) >= 11 is 5.56. The Kier molecular flexibility index (Phi) is 8.46. The van der Waals surface area contributed by atoms with E-state index in [-0.39, 0.29) is 12.0 Å². The first-order valence-corrected chi connectivity index (χ1v) is 10.2. The topological polar surface area (TPSA) is 59.6 Å². The lowest BCUT2D eigenvalue weighted by Gasteiger charge is -2.24. The second kappa shape index (κ2) is 10.8. The standard InChI is InChI=1S/C23H30N2O3S/c1-6-28-22(26)18-9-12-20(16(4)14-18)24-23(29)25-21(13-15(2)3)17-7-10-19(27-5)11-8-17/h7-12,14-15,21H,6,13H2,1-5H3,(H2,24,25,29)/t21-/m0/s1. The van der Waals surface area contributed by atoms with Gasteiger partial charge in [-0.1, -0.05) is 26.0 Å². The molecule has 0 aliphatic rings. The average Bonchev–Trinajstić information content (AvgIpc) is 2.69. The molecule has 2 N–H and O–H groups in total. The van der Waals surface area contributed by atoms with Crippen molar-refractivity contribution >= 4 is 29.0 Å². The highest BCUT2D eigenvalue weighted by molar-refractivity contribution is 7.80. The molecular formula is C23H30N2O3S. The fraction of sp³-hybridized carbons (Fsp3) is 0.391. The SMILES string of the molecule is CCOC(=O)c1ccc(NC(=S)N[C@@H](CC(C)C)c2ccc(OC)cc2)c(C)c1. The molecule has 0 amide bonds. The number of methoxy groups -OCH3 is 1. The summed E-state index contributed by atoms with van der Waals surface area (Å²) in [6, 6.07) is 13.5. The smallest absolute Gasteiger partial charge is 0.338 e. The number of carbonyl (C=O) groups excluding carboxylic acids is 1. The zero-order chi connectivity index (χ0) is 21.4. The molecule has 0 bridgehead atoms. The van der Waals surface area contributed by atoms with Crippen LogP contribution in [0.2, 0.25) is 0 Å². The van der Waals surface area contributed by atoms with Crippen molar-refractivity contribution in [2.45, 2.75) is 40.2 Å². The first kappa shape index (κ1) is 22.7. The van der Waals surface area contributed by atoms with Crippen molar-refractivity contribution in [2.75, 3.05) is 19.0 Å². The van der Waals surface area contributed by atoms with E-state index < -0.39 is 0 Å². The van der Waals surface area contributed by atoms with Gasteiger partial charge < -0.3 is 20.1 Å². The van der Waals surface area contributed by atoms with Crippen LogP contribution in [0.4, 0.5) is 5.69 Å². The van der Waals surface area contributed by atoms with Crippen molar-refractivity contribution in [3.63, 3.8) is 0 Å². The molecule has 0 unspecified atom stereocenters. The van der Waals surface area contributed by atoms with Crippen LogP contribution >= 0.6 is 12.2 Å². The summed E-state index contributed by atoms with van der Waals surface area (Å²) in [5.74, 6) is 1.01. The molecule has 0 aromatic heterocycles. The number of aryl methyl sites for hydroxylation is 1. The monoisotopic (exact) mass is 414 g/mol. The highest BCUT2D eigenvalue weighted by atomic mass is 32.1. The molecule has 0 aliphatic carbocycles.